The molecule has 0 amide bonds. The maximum Gasteiger partial charge on any atom is 0.270 e. The number of aromatic nitrogens is 4. The van der Waals surface area contributed by atoms with Gasteiger partial charge in [0.15, 0.2) is 5.82 Å². The van der Waals surface area contributed by atoms with Crippen LogP contribution in [0.4, 0.5) is 5.69 Å². The number of halogens is 2. The molecule has 2 heterocycles. The second-order valence-electron chi connectivity index (χ2n) is 4.68. The van der Waals surface area contributed by atoms with Gasteiger partial charge in [-0.25, -0.2) is 4.68 Å². The third-order valence-electron chi connectivity index (χ3n) is 3.48. The molecule has 1 aromatic heterocycles. The summed E-state index contributed by atoms with van der Waals surface area (Å²) in [7, 11) is 0. The van der Waals surface area contributed by atoms with Gasteiger partial charge in [0.2, 0.25) is 0 Å². The van der Waals surface area contributed by atoms with Crippen LogP contribution in [0.15, 0.2) is 18.2 Å². The van der Waals surface area contributed by atoms with E-state index in [1.165, 1.54) is 12.1 Å². The highest BCUT2D eigenvalue weighted by Crippen LogP contribution is 2.39. The van der Waals surface area contributed by atoms with Gasteiger partial charge in [-0.05, 0) is 16.0 Å². The number of fused-ring (bicyclic) bond motifs is 3. The summed E-state index contributed by atoms with van der Waals surface area (Å²) in [6.45, 7) is 0. The normalized spacial score (nSPS) is 15.5. The number of nitro benzene ring substituents is 1. The van der Waals surface area contributed by atoms with Crippen LogP contribution in [0.1, 0.15) is 5.56 Å². The number of benzene rings is 1. The molecule has 0 aliphatic carbocycles. The zero-order chi connectivity index (χ0) is 14.3. The Hall–Kier alpha value is -1.35. The topological polar surface area (TPSA) is 86.7 Å². The van der Waals surface area contributed by atoms with Gasteiger partial charge < -0.3 is 0 Å². The Labute approximate surface area is 130 Å². The van der Waals surface area contributed by atoms with Crippen molar-refractivity contribution in [2.75, 3.05) is 10.7 Å². The Morgan fingerprint density at radius 3 is 2.80 bits per heavy atom. The molecule has 0 radical (unpaired) electrons. The number of nitrogens with zero attached hydrogens (tertiary/aromatic N) is 5. The van der Waals surface area contributed by atoms with Crippen molar-refractivity contribution < 1.29 is 4.92 Å². The maximum absolute atomic E-state index is 10.9. The van der Waals surface area contributed by atoms with Crippen molar-refractivity contribution in [3.8, 4) is 11.4 Å². The van der Waals surface area contributed by atoms with Crippen LogP contribution in [0.3, 0.4) is 0 Å². The first kappa shape index (κ1) is 13.6. The van der Waals surface area contributed by atoms with Gasteiger partial charge in [0, 0.05) is 34.8 Å². The number of nitro groups is 1. The molecule has 1 aliphatic rings. The van der Waals surface area contributed by atoms with E-state index >= 15 is 0 Å². The third-order valence-corrected chi connectivity index (χ3v) is 5.57. The van der Waals surface area contributed by atoms with Gasteiger partial charge in [0.1, 0.15) is 0 Å². The van der Waals surface area contributed by atoms with Crippen LogP contribution in [0.5, 0.6) is 0 Å². The molecular formula is C11H9Br2N5O2. The maximum atomic E-state index is 10.9. The summed E-state index contributed by atoms with van der Waals surface area (Å²) >= 11 is 7.04. The molecule has 20 heavy (non-hydrogen) atoms. The SMILES string of the molecule is O=[N+]([O-])c1ccc2c(c1)-c1nnnn1C(CBr)(CBr)C2. The highest BCUT2D eigenvalue weighted by molar-refractivity contribution is 9.09. The summed E-state index contributed by atoms with van der Waals surface area (Å²) in [6.07, 6.45) is 0.703. The standard InChI is InChI=1S/C11H9Br2N5O2/c12-5-11(6-13)4-7-1-2-8(18(19)20)3-9(7)10-14-15-16-17(10)11/h1-3H,4-6H2. The molecule has 3 rings (SSSR count). The van der Waals surface area contributed by atoms with Crippen LogP contribution in [-0.2, 0) is 12.0 Å². The lowest BCUT2D eigenvalue weighted by Crippen LogP contribution is -2.43. The molecule has 0 bridgehead atoms. The second-order valence-corrected chi connectivity index (χ2v) is 5.80. The lowest BCUT2D eigenvalue weighted by atomic mass is 9.87. The first-order valence-corrected chi connectivity index (χ1v) is 8.04. The Morgan fingerprint density at radius 1 is 1.40 bits per heavy atom. The van der Waals surface area contributed by atoms with Crippen molar-refractivity contribution in [3.05, 3.63) is 33.9 Å². The molecule has 7 nitrogen and oxygen atoms in total. The van der Waals surface area contributed by atoms with E-state index in [9.17, 15) is 10.1 Å². The van der Waals surface area contributed by atoms with Crippen LogP contribution in [0.2, 0.25) is 0 Å². The predicted molar refractivity (Wildman–Crippen MR) is 79.2 cm³/mol. The Balaban J connectivity index is 2.22. The first-order valence-electron chi connectivity index (χ1n) is 5.80. The van der Waals surface area contributed by atoms with Crippen LogP contribution >= 0.6 is 31.9 Å². The van der Waals surface area contributed by atoms with Crippen molar-refractivity contribution in [2.45, 2.75) is 12.0 Å². The molecule has 0 unspecified atom stereocenters. The fraction of sp³-hybridized carbons (Fsp3) is 0.364. The molecule has 0 fully saturated rings. The van der Waals surface area contributed by atoms with Crippen LogP contribution < -0.4 is 0 Å². The summed E-state index contributed by atoms with van der Waals surface area (Å²) in [5.41, 5.74) is 1.48. The minimum atomic E-state index is -0.411. The average Bonchev–Trinajstić information content (AvgIpc) is 2.96. The predicted octanol–water partition coefficient (Wildman–Crippen LogP) is 2.29. The minimum Gasteiger partial charge on any atom is -0.258 e. The van der Waals surface area contributed by atoms with Crippen molar-refractivity contribution in [1.29, 1.82) is 0 Å². The molecule has 104 valence electrons. The van der Waals surface area contributed by atoms with Gasteiger partial charge >= 0.3 is 0 Å². The fourth-order valence-electron chi connectivity index (χ4n) is 2.39. The summed E-state index contributed by atoms with van der Waals surface area (Å²) in [6, 6.07) is 4.83. The van der Waals surface area contributed by atoms with E-state index in [-0.39, 0.29) is 11.2 Å². The molecule has 0 saturated carbocycles. The minimum absolute atomic E-state index is 0.0449. The number of hydrogen-bond donors (Lipinski definition) is 0. The molecule has 0 spiro atoms. The zero-order valence-electron chi connectivity index (χ0n) is 10.2. The Morgan fingerprint density at radius 2 is 2.15 bits per heavy atom. The van der Waals surface area contributed by atoms with Crippen molar-refractivity contribution in [1.82, 2.24) is 20.2 Å². The zero-order valence-corrected chi connectivity index (χ0v) is 13.3. The summed E-state index contributed by atoms with van der Waals surface area (Å²) in [4.78, 5) is 10.5. The van der Waals surface area contributed by atoms with E-state index in [0.29, 0.717) is 22.9 Å². The smallest absolute Gasteiger partial charge is 0.258 e. The number of tetrazole rings is 1. The Bertz CT molecular complexity index is 683. The highest BCUT2D eigenvalue weighted by atomic mass is 79.9. The summed E-state index contributed by atoms with van der Waals surface area (Å²) in [5, 5.41) is 24.1. The Kier molecular flexibility index (Phi) is 3.33. The van der Waals surface area contributed by atoms with Gasteiger partial charge in [-0.1, -0.05) is 37.9 Å². The fourth-order valence-corrected chi connectivity index (χ4v) is 4.19. The van der Waals surface area contributed by atoms with Crippen molar-refractivity contribution in [3.63, 3.8) is 0 Å². The molecule has 9 heteroatoms. The van der Waals surface area contributed by atoms with Crippen molar-refractivity contribution in [2.24, 2.45) is 0 Å². The molecule has 0 N–H and O–H groups in total. The molecule has 0 atom stereocenters. The van der Waals surface area contributed by atoms with E-state index in [1.807, 2.05) is 0 Å². The number of hydrogen-bond acceptors (Lipinski definition) is 5. The third kappa shape index (κ3) is 1.87. The summed E-state index contributed by atoms with van der Waals surface area (Å²) in [5.74, 6) is 0.564. The van der Waals surface area contributed by atoms with Crippen molar-refractivity contribution >= 4 is 37.5 Å². The molecular weight excluding hydrogens is 394 g/mol. The van der Waals surface area contributed by atoms with Gasteiger partial charge in [-0.2, -0.15) is 0 Å². The number of alkyl halides is 2. The van der Waals surface area contributed by atoms with E-state index in [1.54, 1.807) is 10.7 Å². The largest absolute Gasteiger partial charge is 0.270 e. The highest BCUT2D eigenvalue weighted by Gasteiger charge is 2.39. The first-order chi connectivity index (χ1) is 9.61. The van der Waals surface area contributed by atoms with Gasteiger partial charge in [0.25, 0.3) is 5.69 Å². The van der Waals surface area contributed by atoms with E-state index < -0.39 is 4.92 Å². The monoisotopic (exact) mass is 401 g/mol. The molecule has 1 aliphatic heterocycles. The quantitative estimate of drug-likeness (QED) is 0.446. The van der Waals surface area contributed by atoms with Crippen LogP contribution in [-0.4, -0.2) is 35.8 Å². The summed E-state index contributed by atoms with van der Waals surface area (Å²) < 4.78 is 1.74. The molecule has 1 aromatic carbocycles. The number of non-ortho nitro benzene ring substituents is 1. The van der Waals surface area contributed by atoms with Gasteiger partial charge in [0.05, 0.1) is 10.5 Å². The van der Waals surface area contributed by atoms with Crippen LogP contribution in [0.25, 0.3) is 11.4 Å². The number of rotatable bonds is 3. The van der Waals surface area contributed by atoms with Gasteiger partial charge in [-0.15, -0.1) is 5.10 Å². The average molecular weight is 403 g/mol. The van der Waals surface area contributed by atoms with E-state index in [2.05, 4.69) is 47.4 Å². The second kappa shape index (κ2) is 4.88. The molecule has 2 aromatic rings. The lowest BCUT2D eigenvalue weighted by molar-refractivity contribution is -0.384. The molecule has 0 saturated heterocycles. The van der Waals surface area contributed by atoms with Crippen LogP contribution in [0, 0.1) is 10.1 Å². The van der Waals surface area contributed by atoms with E-state index in [4.69, 9.17) is 0 Å². The van der Waals surface area contributed by atoms with E-state index in [0.717, 1.165) is 11.1 Å². The van der Waals surface area contributed by atoms with Gasteiger partial charge in [-0.3, -0.25) is 10.1 Å². The lowest BCUT2D eigenvalue weighted by Gasteiger charge is -2.35.